The molecule has 0 N–H and O–H groups in total. The molecule has 0 fully saturated rings. The molecular formula is C14H10Cl2F2N4O2. The summed E-state index contributed by atoms with van der Waals surface area (Å²) in [5.74, 6) is -3.82. The van der Waals surface area contributed by atoms with Gasteiger partial charge in [0.15, 0.2) is 5.69 Å². The van der Waals surface area contributed by atoms with E-state index < -0.39 is 27.8 Å². The van der Waals surface area contributed by atoms with Crippen LogP contribution in [-0.4, -0.2) is 9.78 Å². The number of rotatable bonds is 2. The van der Waals surface area contributed by atoms with E-state index in [0.29, 0.717) is 16.3 Å². The Kier molecular flexibility index (Phi) is 4.52. The van der Waals surface area contributed by atoms with Crippen molar-refractivity contribution in [3.63, 3.8) is 0 Å². The lowest BCUT2D eigenvalue weighted by molar-refractivity contribution is -0.607. The Bertz CT molecular complexity index is 946. The van der Waals surface area contributed by atoms with Gasteiger partial charge in [0, 0.05) is 12.5 Å². The van der Waals surface area contributed by atoms with E-state index in [1.165, 1.54) is 26.0 Å². The van der Waals surface area contributed by atoms with Crippen LogP contribution in [0, 0.1) is 30.4 Å². The summed E-state index contributed by atoms with van der Waals surface area (Å²) in [5, 5.41) is 24.3. The van der Waals surface area contributed by atoms with Crippen LogP contribution in [0.15, 0.2) is 10.9 Å². The van der Waals surface area contributed by atoms with Crippen LogP contribution in [0.25, 0.3) is 5.82 Å². The highest BCUT2D eigenvalue weighted by atomic mass is 35.5. The maximum absolute atomic E-state index is 13.6. The molecule has 2 aromatic heterocycles. The summed E-state index contributed by atoms with van der Waals surface area (Å²) in [6.45, 7) is 3.38. The molecule has 0 aliphatic rings. The van der Waals surface area contributed by atoms with E-state index in [1.807, 2.05) is 0 Å². The van der Waals surface area contributed by atoms with Gasteiger partial charge in [-0.15, -0.1) is 0 Å². The monoisotopic (exact) mass is 374 g/mol. The summed E-state index contributed by atoms with van der Waals surface area (Å²) < 4.78 is 28.1. The zero-order valence-electron chi connectivity index (χ0n) is 12.7. The highest BCUT2D eigenvalue weighted by Crippen LogP contribution is 2.33. The second-order valence-corrected chi connectivity index (χ2v) is 5.92. The average molecular weight is 375 g/mol. The highest BCUT2D eigenvalue weighted by molar-refractivity contribution is 6.31. The fourth-order valence-electron chi connectivity index (χ4n) is 2.15. The van der Waals surface area contributed by atoms with E-state index in [4.69, 9.17) is 28.5 Å². The minimum atomic E-state index is -3.55. The molecule has 0 spiro atoms. The van der Waals surface area contributed by atoms with Crippen LogP contribution in [-0.2, 0) is 5.92 Å². The number of aryl methyl sites for hydroxylation is 1. The van der Waals surface area contributed by atoms with Gasteiger partial charge in [0.25, 0.3) is 5.92 Å². The molecule has 0 saturated carbocycles. The Morgan fingerprint density at radius 3 is 2.50 bits per heavy atom. The Balaban J connectivity index is 2.96. The van der Waals surface area contributed by atoms with Crippen LogP contribution in [0.4, 0.5) is 8.78 Å². The summed E-state index contributed by atoms with van der Waals surface area (Å²) >= 11 is 11.6. The van der Waals surface area contributed by atoms with Gasteiger partial charge < -0.3 is 5.21 Å². The molecule has 126 valence electrons. The first-order valence-electron chi connectivity index (χ1n) is 6.51. The SMILES string of the molecule is Cc1cc(Cl)c(C)[n+]([O-])c1-n1nc(C#N)c(C(C)(F)F)c(Cl)c1=O. The second-order valence-electron chi connectivity index (χ2n) is 5.13. The van der Waals surface area contributed by atoms with Crippen molar-refractivity contribution in [2.45, 2.75) is 26.7 Å². The van der Waals surface area contributed by atoms with Gasteiger partial charge in [-0.2, -0.15) is 5.26 Å². The van der Waals surface area contributed by atoms with Crippen molar-refractivity contribution < 1.29 is 13.5 Å². The molecule has 0 saturated heterocycles. The van der Waals surface area contributed by atoms with Gasteiger partial charge in [-0.1, -0.05) is 33.0 Å². The van der Waals surface area contributed by atoms with Crippen molar-refractivity contribution in [1.82, 2.24) is 9.78 Å². The molecular weight excluding hydrogens is 365 g/mol. The minimum absolute atomic E-state index is 0.0745. The third-order valence-corrected chi connectivity index (χ3v) is 4.05. The fourth-order valence-corrected chi connectivity index (χ4v) is 2.73. The maximum atomic E-state index is 13.6. The molecule has 0 amide bonds. The van der Waals surface area contributed by atoms with E-state index >= 15 is 0 Å². The number of hydrogen-bond acceptors (Lipinski definition) is 4. The van der Waals surface area contributed by atoms with Crippen LogP contribution >= 0.6 is 23.2 Å². The Labute approximate surface area is 145 Å². The van der Waals surface area contributed by atoms with Gasteiger partial charge in [-0.25, -0.2) is 18.3 Å². The first-order valence-corrected chi connectivity index (χ1v) is 7.27. The zero-order valence-corrected chi connectivity index (χ0v) is 14.2. The maximum Gasteiger partial charge on any atom is 0.378 e. The molecule has 10 heteroatoms. The van der Waals surface area contributed by atoms with Gasteiger partial charge in [-0.05, 0) is 19.9 Å². The Hall–Kier alpha value is -2.24. The first kappa shape index (κ1) is 18.1. The van der Waals surface area contributed by atoms with Crippen molar-refractivity contribution in [3.05, 3.63) is 54.2 Å². The number of aromatic nitrogens is 3. The number of hydrogen-bond donors (Lipinski definition) is 0. The van der Waals surface area contributed by atoms with Crippen LogP contribution in [0.3, 0.4) is 0 Å². The third-order valence-electron chi connectivity index (χ3n) is 3.32. The molecule has 0 atom stereocenters. The zero-order chi connectivity index (χ0) is 18.4. The molecule has 0 aliphatic heterocycles. The first-order chi connectivity index (χ1) is 11.0. The highest BCUT2D eigenvalue weighted by Gasteiger charge is 2.37. The van der Waals surface area contributed by atoms with Crippen molar-refractivity contribution in [1.29, 1.82) is 5.26 Å². The Morgan fingerprint density at radius 1 is 1.42 bits per heavy atom. The predicted molar refractivity (Wildman–Crippen MR) is 82.6 cm³/mol. The quantitative estimate of drug-likeness (QED) is 0.597. The molecule has 0 aromatic carbocycles. The van der Waals surface area contributed by atoms with Crippen LogP contribution < -0.4 is 10.3 Å². The smallest absolute Gasteiger partial charge is 0.378 e. The number of alkyl halides is 2. The van der Waals surface area contributed by atoms with Gasteiger partial charge >= 0.3 is 11.4 Å². The summed E-state index contributed by atoms with van der Waals surface area (Å²) in [7, 11) is 0. The molecule has 0 radical (unpaired) electrons. The average Bonchev–Trinajstić information content (AvgIpc) is 2.47. The second kappa shape index (κ2) is 6.00. The van der Waals surface area contributed by atoms with Crippen LogP contribution in [0.5, 0.6) is 0 Å². The summed E-state index contributed by atoms with van der Waals surface area (Å²) in [4.78, 5) is 12.3. The van der Waals surface area contributed by atoms with E-state index in [2.05, 4.69) is 5.10 Å². The molecule has 0 bridgehead atoms. The lowest BCUT2D eigenvalue weighted by Crippen LogP contribution is -2.42. The van der Waals surface area contributed by atoms with Gasteiger partial charge in [0.2, 0.25) is 0 Å². The summed E-state index contributed by atoms with van der Waals surface area (Å²) in [6, 6.07) is 2.89. The number of pyridine rings is 1. The fraction of sp³-hybridized carbons (Fsp3) is 0.286. The van der Waals surface area contributed by atoms with E-state index in [0.717, 1.165) is 0 Å². The summed E-state index contributed by atoms with van der Waals surface area (Å²) in [5.41, 5.74) is -2.54. The minimum Gasteiger partial charge on any atom is -0.710 e. The standard InChI is InChI=1S/C14H10Cl2F2N4O2/c1-6-4-8(15)7(2)22(24)12(6)21-13(23)11(16)10(14(3,17)18)9(5-19)20-21/h4H,1-3H3. The normalized spacial score (nSPS) is 11.4. The van der Waals surface area contributed by atoms with Gasteiger partial charge in [-0.3, -0.25) is 0 Å². The molecule has 2 aromatic rings. The number of halogens is 4. The number of nitrogens with zero attached hydrogens (tertiary/aromatic N) is 4. The third kappa shape index (κ3) is 2.81. The van der Waals surface area contributed by atoms with E-state index in [1.54, 1.807) is 0 Å². The number of nitriles is 1. The molecule has 6 nitrogen and oxygen atoms in total. The Morgan fingerprint density at radius 2 is 2.00 bits per heavy atom. The lowest BCUT2D eigenvalue weighted by Gasteiger charge is -2.16. The van der Waals surface area contributed by atoms with Crippen LogP contribution in [0.2, 0.25) is 10.0 Å². The summed E-state index contributed by atoms with van der Waals surface area (Å²) in [6.07, 6.45) is 0. The van der Waals surface area contributed by atoms with Gasteiger partial charge in [0.05, 0.1) is 10.6 Å². The predicted octanol–water partition coefficient (Wildman–Crippen LogP) is 2.77. The van der Waals surface area contributed by atoms with E-state index in [-0.39, 0.29) is 22.1 Å². The molecule has 0 unspecified atom stereocenters. The van der Waals surface area contributed by atoms with Crippen molar-refractivity contribution in [2.75, 3.05) is 0 Å². The van der Waals surface area contributed by atoms with E-state index in [9.17, 15) is 18.8 Å². The van der Waals surface area contributed by atoms with Crippen molar-refractivity contribution in [3.8, 4) is 11.9 Å². The van der Waals surface area contributed by atoms with Crippen LogP contribution in [0.1, 0.15) is 29.4 Å². The topological polar surface area (TPSA) is 85.6 Å². The molecule has 2 heterocycles. The largest absolute Gasteiger partial charge is 0.710 e. The molecule has 2 rings (SSSR count). The van der Waals surface area contributed by atoms with Gasteiger partial charge in [0.1, 0.15) is 16.8 Å². The van der Waals surface area contributed by atoms with Crippen molar-refractivity contribution in [2.24, 2.45) is 0 Å². The lowest BCUT2D eigenvalue weighted by atomic mass is 10.1. The van der Waals surface area contributed by atoms with Crippen molar-refractivity contribution >= 4 is 23.2 Å². The molecule has 24 heavy (non-hydrogen) atoms. The molecule has 0 aliphatic carbocycles.